The third-order valence-corrected chi connectivity index (χ3v) is 12.4. The van der Waals surface area contributed by atoms with Crippen molar-refractivity contribution < 1.29 is 13.6 Å². The number of pyridine rings is 2. The molecule has 4 heteroatoms. The summed E-state index contributed by atoms with van der Waals surface area (Å²) in [6.45, 7) is 20.4. The first kappa shape index (κ1) is 32.1. The molecule has 3 nitrogen and oxygen atoms in total. The summed E-state index contributed by atoms with van der Waals surface area (Å²) in [4.78, 5) is 1.30. The molecule has 0 saturated heterocycles. The lowest BCUT2D eigenvalue weighted by Crippen LogP contribution is -2.71. The Hall–Kier alpha value is -4.80. The lowest BCUT2D eigenvalue weighted by Gasteiger charge is -2.24. The molecule has 9 rings (SSSR count). The van der Waals surface area contributed by atoms with Gasteiger partial charge in [0.25, 0.3) is 0 Å². The maximum absolute atomic E-state index is 7.18. The zero-order valence-corrected chi connectivity index (χ0v) is 32.1. The SMILES string of the molecule is CC/C=C\C=C(\C)Cc1cc2[n+](cc1C(C)(C)C)C1(c3cc(C)ccc3-c3cc(C)c(C)c[n+]31)c1ccc3c(oc4c3ccc3cc(C)sc34)c1-2. The Labute approximate surface area is 305 Å². The van der Waals surface area contributed by atoms with Crippen molar-refractivity contribution in [1.82, 2.24) is 0 Å². The molecular formula is C47H46N2OS+2. The molecule has 0 radical (unpaired) electrons. The predicted molar refractivity (Wildman–Crippen MR) is 213 cm³/mol. The molecule has 1 atom stereocenters. The van der Waals surface area contributed by atoms with Crippen molar-refractivity contribution in [1.29, 1.82) is 0 Å². The second kappa shape index (κ2) is 11.1. The average Bonchev–Trinajstić information content (AvgIpc) is 3.80. The number of hydrogen-bond acceptors (Lipinski definition) is 2. The topological polar surface area (TPSA) is 20.9 Å². The fourth-order valence-electron chi connectivity index (χ4n) is 8.85. The second-order valence-electron chi connectivity index (χ2n) is 16.0. The molecule has 1 unspecified atom stereocenters. The highest BCUT2D eigenvalue weighted by molar-refractivity contribution is 7.20. The Bertz CT molecular complexity index is 2690. The first-order valence-corrected chi connectivity index (χ1v) is 19.2. The smallest absolute Gasteiger partial charge is 0.417 e. The number of nitrogens with zero attached hydrogens (tertiary/aromatic N) is 2. The van der Waals surface area contributed by atoms with E-state index in [2.05, 4.69) is 163 Å². The number of fused-ring (bicyclic) bond motifs is 16. The normalized spacial score (nSPS) is 16.6. The second-order valence-corrected chi connectivity index (χ2v) is 17.3. The molecule has 3 aromatic carbocycles. The molecule has 0 N–H and O–H groups in total. The van der Waals surface area contributed by atoms with Gasteiger partial charge in [-0.1, -0.05) is 69.2 Å². The standard InChI is InChI=1S/C47H46N2OS/c1-10-11-12-13-27(2)20-33-24-41-42-37(19-18-34-35-17-15-32-23-31(6)51-45(32)44(35)50-43(34)42)47(49(41)26-39(33)46(7,8)9)38-21-28(3)14-16-36(38)40-22-29(4)30(5)25-48(40)47/h11-19,21-26H,10,20H2,1-9H3/q+2/b12-11-,27-13-. The van der Waals surface area contributed by atoms with Gasteiger partial charge in [0, 0.05) is 38.9 Å². The van der Waals surface area contributed by atoms with Crippen molar-refractivity contribution in [2.75, 3.05) is 0 Å². The minimum Gasteiger partial charge on any atom is -0.454 e. The highest BCUT2D eigenvalue weighted by atomic mass is 32.1. The number of furan rings is 1. The zero-order chi connectivity index (χ0) is 35.6. The van der Waals surface area contributed by atoms with Gasteiger partial charge in [-0.3, -0.25) is 0 Å². The van der Waals surface area contributed by atoms with Crippen LogP contribution in [0.15, 0.2) is 101 Å². The molecule has 6 heterocycles. The van der Waals surface area contributed by atoms with Crippen LogP contribution in [0.2, 0.25) is 0 Å². The van der Waals surface area contributed by atoms with Gasteiger partial charge in [-0.15, -0.1) is 20.5 Å². The monoisotopic (exact) mass is 686 g/mol. The van der Waals surface area contributed by atoms with Crippen LogP contribution in [0.5, 0.6) is 0 Å². The Morgan fingerprint density at radius 1 is 0.824 bits per heavy atom. The molecule has 4 aromatic heterocycles. The first-order valence-electron chi connectivity index (χ1n) is 18.4. The summed E-state index contributed by atoms with van der Waals surface area (Å²) in [6.07, 6.45) is 13.5. The van der Waals surface area contributed by atoms with Gasteiger partial charge >= 0.3 is 5.66 Å². The molecule has 1 spiro atoms. The van der Waals surface area contributed by atoms with E-state index in [1.54, 1.807) is 0 Å². The van der Waals surface area contributed by atoms with Crippen molar-refractivity contribution in [3.8, 4) is 22.5 Å². The molecule has 2 aliphatic rings. The van der Waals surface area contributed by atoms with Gasteiger partial charge in [0.2, 0.25) is 11.4 Å². The predicted octanol–water partition coefficient (Wildman–Crippen LogP) is 11.6. The van der Waals surface area contributed by atoms with E-state index < -0.39 is 5.66 Å². The highest BCUT2D eigenvalue weighted by Gasteiger charge is 2.67. The van der Waals surface area contributed by atoms with E-state index in [0.29, 0.717) is 0 Å². The summed E-state index contributed by atoms with van der Waals surface area (Å²) < 4.78 is 13.6. The van der Waals surface area contributed by atoms with Crippen LogP contribution in [-0.4, -0.2) is 0 Å². The quantitative estimate of drug-likeness (QED) is 0.133. The van der Waals surface area contributed by atoms with Crippen molar-refractivity contribution in [3.05, 3.63) is 141 Å². The Kier molecular flexibility index (Phi) is 6.99. The molecule has 2 aliphatic heterocycles. The zero-order valence-electron chi connectivity index (χ0n) is 31.3. The minimum absolute atomic E-state index is 0.0745. The Balaban J connectivity index is 1.46. The Morgan fingerprint density at radius 2 is 1.59 bits per heavy atom. The van der Waals surface area contributed by atoms with Crippen molar-refractivity contribution >= 4 is 43.4 Å². The van der Waals surface area contributed by atoms with Crippen LogP contribution in [0.1, 0.15) is 84.9 Å². The summed E-state index contributed by atoms with van der Waals surface area (Å²) in [6, 6.07) is 23.5. The molecule has 0 fully saturated rings. The molecule has 7 aromatic rings. The maximum atomic E-state index is 7.18. The number of aromatic nitrogens is 2. The fraction of sp³-hybridized carbons (Fsp3) is 0.277. The number of benzene rings is 3. The largest absolute Gasteiger partial charge is 0.454 e. The summed E-state index contributed by atoms with van der Waals surface area (Å²) >= 11 is 1.83. The maximum Gasteiger partial charge on any atom is 0.417 e. The van der Waals surface area contributed by atoms with Crippen LogP contribution in [0, 0.1) is 27.7 Å². The van der Waals surface area contributed by atoms with E-state index in [1.165, 1.54) is 92.8 Å². The van der Waals surface area contributed by atoms with Crippen LogP contribution >= 0.6 is 11.3 Å². The van der Waals surface area contributed by atoms with Crippen molar-refractivity contribution in [3.63, 3.8) is 0 Å². The molecule has 51 heavy (non-hydrogen) atoms. The summed E-state index contributed by atoms with van der Waals surface area (Å²) in [7, 11) is 0. The number of rotatable bonds is 4. The molecule has 0 aliphatic carbocycles. The molecule has 0 saturated carbocycles. The van der Waals surface area contributed by atoms with Gasteiger partial charge in [-0.05, 0) is 106 Å². The molecule has 0 amide bonds. The van der Waals surface area contributed by atoms with Crippen LogP contribution in [0.25, 0.3) is 54.5 Å². The van der Waals surface area contributed by atoms with E-state index >= 15 is 0 Å². The van der Waals surface area contributed by atoms with Gasteiger partial charge in [0.15, 0.2) is 18.0 Å². The van der Waals surface area contributed by atoms with E-state index in [4.69, 9.17) is 4.42 Å². The van der Waals surface area contributed by atoms with Gasteiger partial charge in [0.05, 0.1) is 10.3 Å². The van der Waals surface area contributed by atoms with E-state index in [-0.39, 0.29) is 5.41 Å². The van der Waals surface area contributed by atoms with E-state index in [0.717, 1.165) is 24.0 Å². The third-order valence-electron chi connectivity index (χ3n) is 11.3. The van der Waals surface area contributed by atoms with Gasteiger partial charge in [-0.2, -0.15) is 0 Å². The van der Waals surface area contributed by atoms with Crippen LogP contribution in [0.3, 0.4) is 0 Å². The van der Waals surface area contributed by atoms with Gasteiger partial charge in [0.1, 0.15) is 22.3 Å². The van der Waals surface area contributed by atoms with E-state index in [1.807, 2.05) is 11.3 Å². The lowest BCUT2D eigenvalue weighted by molar-refractivity contribution is -0.955. The summed E-state index contributed by atoms with van der Waals surface area (Å²) in [5, 5.41) is 3.61. The minimum atomic E-state index is -0.616. The first-order chi connectivity index (χ1) is 24.4. The number of hydrogen-bond donors (Lipinski definition) is 0. The van der Waals surface area contributed by atoms with Crippen LogP contribution in [-0.2, 0) is 17.5 Å². The van der Waals surface area contributed by atoms with Crippen LogP contribution < -0.4 is 9.13 Å². The fourth-order valence-corrected chi connectivity index (χ4v) is 9.85. The summed E-state index contributed by atoms with van der Waals surface area (Å²) in [5.74, 6) is 0. The average molecular weight is 687 g/mol. The lowest BCUT2D eigenvalue weighted by atomic mass is 9.82. The number of aryl methyl sites for hydroxylation is 4. The number of thiophene rings is 1. The summed E-state index contributed by atoms with van der Waals surface area (Å²) in [5.41, 5.74) is 16.8. The number of allylic oxidation sites excluding steroid dienone is 4. The van der Waals surface area contributed by atoms with Crippen LogP contribution in [0.4, 0.5) is 0 Å². The van der Waals surface area contributed by atoms with Crippen molar-refractivity contribution in [2.45, 2.75) is 86.2 Å². The molecule has 0 bridgehead atoms. The Morgan fingerprint density at radius 3 is 2.37 bits per heavy atom. The van der Waals surface area contributed by atoms with Crippen molar-refractivity contribution in [2.24, 2.45) is 0 Å². The third kappa shape index (κ3) is 4.48. The van der Waals surface area contributed by atoms with Gasteiger partial charge < -0.3 is 4.42 Å². The highest BCUT2D eigenvalue weighted by Crippen LogP contribution is 2.52. The molecular weight excluding hydrogens is 641 g/mol. The molecule has 254 valence electrons. The van der Waals surface area contributed by atoms with Gasteiger partial charge in [-0.25, -0.2) is 0 Å². The van der Waals surface area contributed by atoms with E-state index in [9.17, 15) is 0 Å².